The highest BCUT2D eigenvalue weighted by Crippen LogP contribution is 2.27. The summed E-state index contributed by atoms with van der Waals surface area (Å²) in [5, 5.41) is 5.07. The monoisotopic (exact) mass is 264 g/mol. The number of aliphatic imine (C=N–C) groups is 1. The fourth-order valence-corrected chi connectivity index (χ4v) is 3.27. The number of thioether (sulfide) groups is 1. The summed E-state index contributed by atoms with van der Waals surface area (Å²) < 4.78 is 5.21. The molecule has 2 rings (SSSR count). The number of hydrogen-bond acceptors (Lipinski definition) is 4. The minimum atomic E-state index is 0.401. The van der Waals surface area contributed by atoms with E-state index >= 15 is 0 Å². The lowest BCUT2D eigenvalue weighted by Crippen LogP contribution is -2.23. The van der Waals surface area contributed by atoms with Gasteiger partial charge in [-0.3, -0.25) is 4.99 Å². The van der Waals surface area contributed by atoms with Crippen molar-refractivity contribution in [3.8, 4) is 0 Å². The number of benzene rings is 1. The van der Waals surface area contributed by atoms with Gasteiger partial charge in [0.05, 0.1) is 12.6 Å². The topological polar surface area (TPSA) is 33.6 Å². The zero-order valence-electron chi connectivity index (χ0n) is 11.1. The molecule has 1 aliphatic heterocycles. The fraction of sp³-hybridized carbons (Fsp3) is 0.500. The van der Waals surface area contributed by atoms with Gasteiger partial charge in [0.15, 0.2) is 5.17 Å². The molecule has 18 heavy (non-hydrogen) atoms. The molecule has 0 saturated carbocycles. The van der Waals surface area contributed by atoms with E-state index in [0.29, 0.717) is 17.9 Å². The van der Waals surface area contributed by atoms with Gasteiger partial charge in [-0.25, -0.2) is 0 Å². The summed E-state index contributed by atoms with van der Waals surface area (Å²) in [4.78, 5) is 4.66. The number of nitrogens with zero attached hydrogens (tertiary/aromatic N) is 1. The third-order valence-corrected chi connectivity index (χ3v) is 3.91. The Morgan fingerprint density at radius 3 is 2.89 bits per heavy atom. The minimum Gasteiger partial charge on any atom is -0.380 e. The van der Waals surface area contributed by atoms with Gasteiger partial charge in [0, 0.05) is 23.6 Å². The molecule has 4 heteroatoms. The summed E-state index contributed by atoms with van der Waals surface area (Å²) in [6.45, 7) is 5.03. The lowest BCUT2D eigenvalue weighted by molar-refractivity contribution is 0.185. The van der Waals surface area contributed by atoms with E-state index in [2.05, 4.69) is 36.3 Å². The number of para-hydroxylation sites is 1. The van der Waals surface area contributed by atoms with Crippen LogP contribution < -0.4 is 5.32 Å². The molecule has 1 aromatic carbocycles. The van der Waals surface area contributed by atoms with Crippen LogP contribution in [0.1, 0.15) is 25.8 Å². The van der Waals surface area contributed by atoms with Crippen LogP contribution in [0.15, 0.2) is 29.3 Å². The van der Waals surface area contributed by atoms with Crippen molar-refractivity contribution in [3.63, 3.8) is 0 Å². The summed E-state index contributed by atoms with van der Waals surface area (Å²) in [6, 6.07) is 8.61. The van der Waals surface area contributed by atoms with Crippen molar-refractivity contribution < 1.29 is 4.74 Å². The fourth-order valence-electron chi connectivity index (χ4n) is 2.10. The van der Waals surface area contributed by atoms with Crippen LogP contribution in [0.2, 0.25) is 0 Å². The molecule has 1 aliphatic rings. The number of hydrogen-bond donors (Lipinski definition) is 1. The first-order chi connectivity index (χ1) is 8.69. The Kier molecular flexibility index (Phi) is 4.66. The van der Waals surface area contributed by atoms with E-state index in [4.69, 9.17) is 4.74 Å². The molecule has 0 radical (unpaired) electrons. The van der Waals surface area contributed by atoms with E-state index in [9.17, 15) is 0 Å². The maximum atomic E-state index is 5.21. The second-order valence-corrected chi connectivity index (χ2v) is 6.09. The molecular weight excluding hydrogens is 244 g/mol. The molecule has 0 fully saturated rings. The summed E-state index contributed by atoms with van der Waals surface area (Å²) in [7, 11) is 1.72. The van der Waals surface area contributed by atoms with Crippen molar-refractivity contribution in [2.75, 3.05) is 12.4 Å². The SMILES string of the molecule is COCc1ccccc1NC1=NC(C)CC(C)S1. The maximum Gasteiger partial charge on any atom is 0.161 e. The van der Waals surface area contributed by atoms with Gasteiger partial charge in [0.2, 0.25) is 0 Å². The van der Waals surface area contributed by atoms with Crippen molar-refractivity contribution in [2.24, 2.45) is 4.99 Å². The van der Waals surface area contributed by atoms with Gasteiger partial charge in [-0.15, -0.1) is 0 Å². The van der Waals surface area contributed by atoms with Crippen molar-refractivity contribution >= 4 is 22.6 Å². The molecule has 1 heterocycles. The van der Waals surface area contributed by atoms with Crippen molar-refractivity contribution in [1.82, 2.24) is 0 Å². The Balaban J connectivity index is 2.13. The van der Waals surface area contributed by atoms with Crippen molar-refractivity contribution in [1.29, 1.82) is 0 Å². The molecule has 2 atom stereocenters. The normalized spacial score (nSPS) is 23.6. The van der Waals surface area contributed by atoms with Gasteiger partial charge in [-0.1, -0.05) is 36.9 Å². The standard InChI is InChI=1S/C14H20N2OS/c1-10-8-11(2)18-14(15-10)16-13-7-5-4-6-12(13)9-17-3/h4-7,10-11H,8-9H2,1-3H3,(H,15,16). The number of ether oxygens (including phenoxy) is 1. The molecule has 0 spiro atoms. The molecule has 0 amide bonds. The van der Waals surface area contributed by atoms with Gasteiger partial charge < -0.3 is 10.1 Å². The van der Waals surface area contributed by atoms with Crippen LogP contribution >= 0.6 is 11.8 Å². The minimum absolute atomic E-state index is 0.401. The van der Waals surface area contributed by atoms with Gasteiger partial charge in [-0.2, -0.15) is 0 Å². The van der Waals surface area contributed by atoms with Crippen molar-refractivity contribution in [2.45, 2.75) is 38.2 Å². The summed E-state index contributed by atoms with van der Waals surface area (Å²) >= 11 is 1.81. The molecule has 0 saturated heterocycles. The molecule has 1 aromatic rings. The van der Waals surface area contributed by atoms with Crippen molar-refractivity contribution in [3.05, 3.63) is 29.8 Å². The van der Waals surface area contributed by atoms with Crippen LogP contribution in [0.4, 0.5) is 5.69 Å². The summed E-state index contributed by atoms with van der Waals surface area (Å²) in [5.74, 6) is 0. The first-order valence-electron chi connectivity index (χ1n) is 6.27. The number of nitrogens with one attached hydrogen (secondary N) is 1. The zero-order valence-corrected chi connectivity index (χ0v) is 12.0. The molecule has 0 aliphatic carbocycles. The Morgan fingerprint density at radius 1 is 1.39 bits per heavy atom. The van der Waals surface area contributed by atoms with Crippen LogP contribution in [0, 0.1) is 0 Å². The summed E-state index contributed by atoms with van der Waals surface area (Å²) in [5.41, 5.74) is 2.25. The highest BCUT2D eigenvalue weighted by molar-refractivity contribution is 8.14. The zero-order chi connectivity index (χ0) is 13.0. The third kappa shape index (κ3) is 3.50. The highest BCUT2D eigenvalue weighted by atomic mass is 32.2. The van der Waals surface area contributed by atoms with E-state index in [-0.39, 0.29) is 0 Å². The van der Waals surface area contributed by atoms with Gasteiger partial charge >= 0.3 is 0 Å². The van der Waals surface area contributed by atoms with E-state index in [1.54, 1.807) is 7.11 Å². The lowest BCUT2D eigenvalue weighted by atomic mass is 10.2. The number of anilines is 1. The van der Waals surface area contributed by atoms with Gasteiger partial charge in [0.25, 0.3) is 0 Å². The molecule has 0 bridgehead atoms. The Bertz CT molecular complexity index is 434. The predicted octanol–water partition coefficient (Wildman–Crippen LogP) is 3.51. The molecular formula is C14H20N2OS. The molecule has 98 valence electrons. The number of amidine groups is 1. The van der Waals surface area contributed by atoms with Gasteiger partial charge in [0.1, 0.15) is 0 Å². The third-order valence-electron chi connectivity index (χ3n) is 2.88. The second kappa shape index (κ2) is 6.25. The molecule has 2 unspecified atom stereocenters. The van der Waals surface area contributed by atoms with Crippen LogP contribution in [0.3, 0.4) is 0 Å². The smallest absolute Gasteiger partial charge is 0.161 e. The van der Waals surface area contributed by atoms with Crippen LogP contribution in [-0.4, -0.2) is 23.6 Å². The second-order valence-electron chi connectivity index (χ2n) is 4.66. The van der Waals surface area contributed by atoms with Crippen LogP contribution in [0.5, 0.6) is 0 Å². The maximum absolute atomic E-state index is 5.21. The molecule has 1 N–H and O–H groups in total. The van der Waals surface area contributed by atoms with E-state index in [0.717, 1.165) is 22.8 Å². The quantitative estimate of drug-likeness (QED) is 0.907. The van der Waals surface area contributed by atoms with Crippen LogP contribution in [0.25, 0.3) is 0 Å². The van der Waals surface area contributed by atoms with E-state index in [1.165, 1.54) is 0 Å². The summed E-state index contributed by atoms with van der Waals surface area (Å²) in [6.07, 6.45) is 1.15. The number of rotatable bonds is 3. The first-order valence-corrected chi connectivity index (χ1v) is 7.15. The van der Waals surface area contributed by atoms with Crippen LogP contribution in [-0.2, 0) is 11.3 Å². The van der Waals surface area contributed by atoms with E-state index in [1.807, 2.05) is 23.9 Å². The van der Waals surface area contributed by atoms with E-state index < -0.39 is 0 Å². The Hall–Kier alpha value is -1.000. The Labute approximate surface area is 113 Å². The number of methoxy groups -OCH3 is 1. The first kappa shape index (κ1) is 13.4. The predicted molar refractivity (Wildman–Crippen MR) is 79.3 cm³/mol. The molecule has 3 nitrogen and oxygen atoms in total. The highest BCUT2D eigenvalue weighted by Gasteiger charge is 2.18. The Morgan fingerprint density at radius 2 is 2.17 bits per heavy atom. The average Bonchev–Trinajstić information content (AvgIpc) is 2.30. The largest absolute Gasteiger partial charge is 0.380 e. The molecule has 0 aromatic heterocycles. The van der Waals surface area contributed by atoms with Gasteiger partial charge in [-0.05, 0) is 19.4 Å². The lowest BCUT2D eigenvalue weighted by Gasteiger charge is -2.23. The average molecular weight is 264 g/mol.